The fourth-order valence-corrected chi connectivity index (χ4v) is 4.31. The second kappa shape index (κ2) is 9.47. The van der Waals surface area contributed by atoms with E-state index in [2.05, 4.69) is 25.9 Å². The van der Waals surface area contributed by atoms with Crippen LogP contribution in [0.15, 0.2) is 61.1 Å². The van der Waals surface area contributed by atoms with Crippen LogP contribution in [0.5, 0.6) is 11.6 Å². The summed E-state index contributed by atoms with van der Waals surface area (Å²) in [4.78, 5) is 20.0. The number of ether oxygens (including phenoxy) is 2. The van der Waals surface area contributed by atoms with E-state index in [9.17, 15) is 10.1 Å². The smallest absolute Gasteiger partial charge is 0.411 e. The quantitative estimate of drug-likeness (QED) is 0.350. The molecule has 0 atom stereocenters. The van der Waals surface area contributed by atoms with Gasteiger partial charge in [-0.15, -0.1) is 0 Å². The largest absolute Gasteiger partial charge is 0.447 e. The molecule has 2 aromatic carbocycles. The Morgan fingerprint density at radius 2 is 1.97 bits per heavy atom. The van der Waals surface area contributed by atoms with Gasteiger partial charge in [-0.25, -0.2) is 14.8 Å². The van der Waals surface area contributed by atoms with Crippen molar-refractivity contribution in [2.45, 2.75) is 45.3 Å². The zero-order valence-corrected chi connectivity index (χ0v) is 19.6. The van der Waals surface area contributed by atoms with Crippen molar-refractivity contribution in [1.82, 2.24) is 14.5 Å². The lowest BCUT2D eigenvalue weighted by Crippen LogP contribution is -2.18. The summed E-state index contributed by atoms with van der Waals surface area (Å²) in [6, 6.07) is 17.7. The van der Waals surface area contributed by atoms with Crippen molar-refractivity contribution in [3.8, 4) is 29.0 Å². The molecular weight excluding hydrogens is 442 g/mol. The summed E-state index contributed by atoms with van der Waals surface area (Å²) in [5.74, 6) is 1.11. The zero-order valence-electron chi connectivity index (χ0n) is 19.6. The highest BCUT2D eigenvalue weighted by Crippen LogP contribution is 2.43. The number of rotatable bonds is 6. The molecule has 0 unspecified atom stereocenters. The number of hydrogen-bond donors (Lipinski definition) is 1. The van der Waals surface area contributed by atoms with E-state index in [1.807, 2.05) is 42.5 Å². The fraction of sp³-hybridized carbons (Fsp3) is 0.259. The van der Waals surface area contributed by atoms with Crippen molar-refractivity contribution in [3.63, 3.8) is 0 Å². The number of amides is 1. The van der Waals surface area contributed by atoms with Gasteiger partial charge < -0.3 is 14.0 Å². The average molecular weight is 468 g/mol. The first-order chi connectivity index (χ1) is 17.0. The SMILES string of the molecule is CC(C)OC(=O)Nc1ccc(-c2c(C#N)c3ccc(Oc4ccncn4)cc3n2C2CCC2)cc1. The van der Waals surface area contributed by atoms with Gasteiger partial charge in [0.2, 0.25) is 5.88 Å². The first-order valence-electron chi connectivity index (χ1n) is 11.6. The molecule has 1 fully saturated rings. The molecule has 0 aliphatic heterocycles. The average Bonchev–Trinajstić information content (AvgIpc) is 3.12. The second-order valence-electron chi connectivity index (χ2n) is 8.78. The van der Waals surface area contributed by atoms with Gasteiger partial charge in [0.1, 0.15) is 18.1 Å². The third kappa shape index (κ3) is 4.53. The maximum Gasteiger partial charge on any atom is 0.411 e. The van der Waals surface area contributed by atoms with Crippen LogP contribution in [0.4, 0.5) is 10.5 Å². The van der Waals surface area contributed by atoms with Crippen LogP contribution in [0.3, 0.4) is 0 Å². The van der Waals surface area contributed by atoms with Gasteiger partial charge >= 0.3 is 6.09 Å². The van der Waals surface area contributed by atoms with Gasteiger partial charge in [-0.05, 0) is 62.9 Å². The van der Waals surface area contributed by atoms with Crippen molar-refractivity contribution >= 4 is 22.7 Å². The highest BCUT2D eigenvalue weighted by Gasteiger charge is 2.28. The molecule has 0 bridgehead atoms. The number of nitrogens with zero attached hydrogens (tertiary/aromatic N) is 4. The highest BCUT2D eigenvalue weighted by molar-refractivity contribution is 5.96. The molecule has 1 aliphatic rings. The van der Waals surface area contributed by atoms with E-state index in [4.69, 9.17) is 9.47 Å². The number of carbonyl (C=O) groups excluding carboxylic acids is 1. The molecule has 0 saturated heterocycles. The van der Waals surface area contributed by atoms with Gasteiger partial charge in [0, 0.05) is 35.4 Å². The summed E-state index contributed by atoms with van der Waals surface area (Å²) in [6.07, 6.45) is 5.64. The van der Waals surface area contributed by atoms with Crippen molar-refractivity contribution in [3.05, 3.63) is 66.6 Å². The number of nitriles is 1. The Kier molecular flexibility index (Phi) is 6.06. The molecule has 1 aliphatic carbocycles. The van der Waals surface area contributed by atoms with Crippen LogP contribution in [0, 0.1) is 11.3 Å². The van der Waals surface area contributed by atoms with Crippen LogP contribution in [0.25, 0.3) is 22.2 Å². The fourth-order valence-electron chi connectivity index (χ4n) is 4.31. The third-order valence-corrected chi connectivity index (χ3v) is 6.05. The van der Waals surface area contributed by atoms with E-state index in [1.54, 1.807) is 26.1 Å². The van der Waals surface area contributed by atoms with E-state index >= 15 is 0 Å². The summed E-state index contributed by atoms with van der Waals surface area (Å²) in [5.41, 5.74) is 3.99. The molecule has 8 nitrogen and oxygen atoms in total. The highest BCUT2D eigenvalue weighted by atomic mass is 16.6. The molecule has 0 radical (unpaired) electrons. The van der Waals surface area contributed by atoms with E-state index in [-0.39, 0.29) is 6.10 Å². The monoisotopic (exact) mass is 467 g/mol. The van der Waals surface area contributed by atoms with E-state index in [1.165, 1.54) is 6.33 Å². The van der Waals surface area contributed by atoms with Gasteiger partial charge in [-0.2, -0.15) is 5.26 Å². The second-order valence-corrected chi connectivity index (χ2v) is 8.78. The van der Waals surface area contributed by atoms with E-state index < -0.39 is 6.09 Å². The number of carbonyl (C=O) groups is 1. The lowest BCUT2D eigenvalue weighted by atomic mass is 9.92. The van der Waals surface area contributed by atoms with Crippen molar-refractivity contribution < 1.29 is 14.3 Å². The Bertz CT molecular complexity index is 1400. The minimum Gasteiger partial charge on any atom is -0.447 e. The number of hydrogen-bond acceptors (Lipinski definition) is 6. The molecule has 1 amide bonds. The lowest BCUT2D eigenvalue weighted by Gasteiger charge is -2.30. The normalized spacial score (nSPS) is 13.3. The number of anilines is 1. The molecular formula is C27H25N5O3. The summed E-state index contributed by atoms with van der Waals surface area (Å²) in [6.45, 7) is 3.60. The molecule has 2 aromatic heterocycles. The van der Waals surface area contributed by atoms with Crippen LogP contribution in [-0.4, -0.2) is 26.7 Å². The van der Waals surface area contributed by atoms with Gasteiger partial charge in [0.25, 0.3) is 0 Å². The predicted molar refractivity (Wildman–Crippen MR) is 132 cm³/mol. The Balaban J connectivity index is 1.55. The summed E-state index contributed by atoms with van der Waals surface area (Å²) < 4.78 is 13.4. The third-order valence-electron chi connectivity index (χ3n) is 6.05. The molecule has 1 N–H and O–H groups in total. The number of benzene rings is 2. The van der Waals surface area contributed by atoms with Crippen LogP contribution < -0.4 is 10.1 Å². The topological polar surface area (TPSA) is 102 Å². The Hall–Kier alpha value is -4.38. The number of aromatic nitrogens is 3. The molecule has 0 spiro atoms. The van der Waals surface area contributed by atoms with Gasteiger partial charge in [-0.3, -0.25) is 5.32 Å². The van der Waals surface area contributed by atoms with E-state index in [0.29, 0.717) is 28.9 Å². The molecule has 5 rings (SSSR count). The van der Waals surface area contributed by atoms with Crippen LogP contribution in [-0.2, 0) is 4.74 Å². The summed E-state index contributed by atoms with van der Waals surface area (Å²) in [5, 5.41) is 13.8. The first kappa shape index (κ1) is 22.4. The predicted octanol–water partition coefficient (Wildman–Crippen LogP) is 6.44. The zero-order chi connectivity index (χ0) is 24.4. The first-order valence-corrected chi connectivity index (χ1v) is 11.6. The maximum atomic E-state index is 11.9. The number of nitrogens with one attached hydrogen (secondary N) is 1. The molecule has 1 saturated carbocycles. The Morgan fingerprint density at radius 3 is 2.60 bits per heavy atom. The number of fused-ring (bicyclic) bond motifs is 1. The summed E-state index contributed by atoms with van der Waals surface area (Å²) >= 11 is 0. The van der Waals surface area contributed by atoms with Gasteiger partial charge in [-0.1, -0.05) is 12.1 Å². The van der Waals surface area contributed by atoms with Gasteiger partial charge in [0.15, 0.2) is 0 Å². The van der Waals surface area contributed by atoms with Crippen molar-refractivity contribution in [2.75, 3.05) is 5.32 Å². The minimum absolute atomic E-state index is 0.200. The summed E-state index contributed by atoms with van der Waals surface area (Å²) in [7, 11) is 0. The minimum atomic E-state index is -0.495. The van der Waals surface area contributed by atoms with Crippen LogP contribution in [0.2, 0.25) is 0 Å². The molecule has 176 valence electrons. The van der Waals surface area contributed by atoms with Crippen LogP contribution >= 0.6 is 0 Å². The Labute approximate surface area is 203 Å². The standard InChI is InChI=1S/C27H25N5O3/c1-17(2)34-27(33)31-19-8-6-18(7-9-19)26-23(15-28)22-11-10-21(35-25-12-13-29-16-30-25)14-24(22)32(26)20-4-3-5-20/h6-14,16-17,20H,3-5H2,1-2H3,(H,31,33). The molecule has 35 heavy (non-hydrogen) atoms. The molecule has 2 heterocycles. The van der Waals surface area contributed by atoms with Crippen molar-refractivity contribution in [1.29, 1.82) is 5.26 Å². The Morgan fingerprint density at radius 1 is 1.17 bits per heavy atom. The molecule has 8 heteroatoms. The lowest BCUT2D eigenvalue weighted by molar-refractivity contribution is 0.130. The van der Waals surface area contributed by atoms with Crippen LogP contribution in [0.1, 0.15) is 44.7 Å². The van der Waals surface area contributed by atoms with Crippen molar-refractivity contribution in [2.24, 2.45) is 0 Å². The van der Waals surface area contributed by atoms with Gasteiger partial charge in [0.05, 0.1) is 22.9 Å². The van der Waals surface area contributed by atoms with E-state index in [0.717, 1.165) is 41.4 Å². The molecule has 4 aromatic rings. The maximum absolute atomic E-state index is 11.9.